The molecule has 0 atom stereocenters. The number of hydrogen-bond donors (Lipinski definition) is 2. The maximum absolute atomic E-state index is 12.2. The first kappa shape index (κ1) is 13.9. The number of nitrogens with one attached hydrogen (secondary N) is 1. The summed E-state index contributed by atoms with van der Waals surface area (Å²) in [6.07, 6.45) is 3.35. The van der Waals surface area contributed by atoms with Gasteiger partial charge in [0, 0.05) is 38.2 Å². The van der Waals surface area contributed by atoms with E-state index in [1.807, 2.05) is 25.1 Å². The van der Waals surface area contributed by atoms with Crippen LogP contribution in [-0.2, 0) is 6.54 Å². The number of hydrogen-bond acceptors (Lipinski definition) is 5. The molecule has 0 aliphatic carbocycles. The van der Waals surface area contributed by atoms with Gasteiger partial charge in [0.25, 0.3) is 5.91 Å². The lowest BCUT2D eigenvalue weighted by molar-refractivity contribution is 0.0952. The van der Waals surface area contributed by atoms with Crippen LogP contribution in [-0.4, -0.2) is 41.5 Å². The Morgan fingerprint density at radius 2 is 2.25 bits per heavy atom. The van der Waals surface area contributed by atoms with Gasteiger partial charge in [-0.3, -0.25) is 9.48 Å². The molecule has 0 fully saturated rings. The maximum Gasteiger partial charge on any atom is 0.253 e. The number of carbonyl (C=O) groups excluding carboxylic acids is 1. The topological polar surface area (TPSA) is 89.1 Å². The fourth-order valence-corrected chi connectivity index (χ4v) is 1.86. The highest BCUT2D eigenvalue weighted by atomic mass is 16.1. The zero-order valence-corrected chi connectivity index (χ0v) is 11.6. The lowest BCUT2D eigenvalue weighted by atomic mass is 10.1. The van der Waals surface area contributed by atoms with E-state index in [0.717, 1.165) is 5.69 Å². The minimum atomic E-state index is -0.152. The predicted octanol–water partition coefficient (Wildman–Crippen LogP) is 0.356. The highest BCUT2D eigenvalue weighted by Crippen LogP contribution is 2.21. The molecule has 2 aromatic rings. The highest BCUT2D eigenvalue weighted by Gasteiger charge is 2.12. The van der Waals surface area contributed by atoms with Crippen molar-refractivity contribution in [3.63, 3.8) is 0 Å². The number of nitrogens with zero attached hydrogens (tertiary/aromatic N) is 4. The molecule has 0 aliphatic rings. The normalized spacial score (nSPS) is 10.3. The quantitative estimate of drug-likeness (QED) is 0.768. The number of amides is 1. The van der Waals surface area contributed by atoms with Gasteiger partial charge in [0.1, 0.15) is 0 Å². The van der Waals surface area contributed by atoms with Crippen LogP contribution in [0.15, 0.2) is 30.6 Å². The van der Waals surface area contributed by atoms with Crippen LogP contribution in [0.25, 0.3) is 0 Å². The van der Waals surface area contributed by atoms with Gasteiger partial charge in [0.05, 0.1) is 18.3 Å². The maximum atomic E-state index is 12.2. The molecule has 0 aliphatic heterocycles. The molecule has 2 rings (SSSR count). The van der Waals surface area contributed by atoms with E-state index in [-0.39, 0.29) is 5.91 Å². The van der Waals surface area contributed by atoms with E-state index in [1.54, 1.807) is 29.2 Å². The number of anilines is 2. The molecule has 0 radical (unpaired) electrons. The molecule has 0 spiro atoms. The molecule has 0 saturated heterocycles. The van der Waals surface area contributed by atoms with Crippen molar-refractivity contribution >= 4 is 17.3 Å². The van der Waals surface area contributed by atoms with Gasteiger partial charge in [-0.2, -0.15) is 0 Å². The van der Waals surface area contributed by atoms with E-state index >= 15 is 0 Å². The van der Waals surface area contributed by atoms with Crippen LogP contribution < -0.4 is 16.0 Å². The second-order valence-corrected chi connectivity index (χ2v) is 4.59. The van der Waals surface area contributed by atoms with Gasteiger partial charge in [-0.15, -0.1) is 5.10 Å². The summed E-state index contributed by atoms with van der Waals surface area (Å²) in [6, 6.07) is 5.29. The van der Waals surface area contributed by atoms with Crippen molar-refractivity contribution in [2.45, 2.75) is 6.54 Å². The van der Waals surface area contributed by atoms with Gasteiger partial charge >= 0.3 is 0 Å². The summed E-state index contributed by atoms with van der Waals surface area (Å²) in [5, 5.41) is 10.4. The Bertz CT molecular complexity index is 579. The Kier molecular flexibility index (Phi) is 4.19. The Morgan fingerprint density at radius 3 is 2.90 bits per heavy atom. The summed E-state index contributed by atoms with van der Waals surface area (Å²) in [7, 11) is 3.77. The van der Waals surface area contributed by atoms with Crippen molar-refractivity contribution in [2.75, 3.05) is 31.3 Å². The SMILES string of the molecule is CN(C)c1ccc(N)cc1C(=O)NCCn1ccnn1. The van der Waals surface area contributed by atoms with Gasteiger partial charge in [0.2, 0.25) is 0 Å². The Balaban J connectivity index is 2.03. The number of aromatic nitrogens is 3. The van der Waals surface area contributed by atoms with Crippen LogP contribution >= 0.6 is 0 Å². The molecule has 7 nitrogen and oxygen atoms in total. The number of rotatable bonds is 5. The van der Waals surface area contributed by atoms with E-state index in [2.05, 4.69) is 15.6 Å². The molecule has 20 heavy (non-hydrogen) atoms. The fraction of sp³-hybridized carbons (Fsp3) is 0.308. The Labute approximate surface area is 117 Å². The summed E-state index contributed by atoms with van der Waals surface area (Å²) in [4.78, 5) is 14.1. The van der Waals surface area contributed by atoms with Crippen LogP contribution in [0, 0.1) is 0 Å². The second-order valence-electron chi connectivity index (χ2n) is 4.59. The van der Waals surface area contributed by atoms with Gasteiger partial charge in [-0.25, -0.2) is 0 Å². The molecule has 1 aromatic carbocycles. The number of nitrogens with two attached hydrogens (primary N) is 1. The average molecular weight is 274 g/mol. The lowest BCUT2D eigenvalue weighted by Gasteiger charge is -2.17. The highest BCUT2D eigenvalue weighted by molar-refractivity contribution is 6.00. The van der Waals surface area contributed by atoms with Crippen molar-refractivity contribution in [1.29, 1.82) is 0 Å². The molecular weight excluding hydrogens is 256 g/mol. The molecule has 0 bridgehead atoms. The van der Waals surface area contributed by atoms with Crippen LogP contribution in [0.2, 0.25) is 0 Å². The summed E-state index contributed by atoms with van der Waals surface area (Å²) in [5.74, 6) is -0.152. The Hall–Kier alpha value is -2.57. The molecule has 1 heterocycles. The van der Waals surface area contributed by atoms with E-state index in [9.17, 15) is 4.79 Å². The second kappa shape index (κ2) is 6.05. The van der Waals surface area contributed by atoms with Crippen molar-refractivity contribution in [1.82, 2.24) is 20.3 Å². The standard InChI is InChI=1S/C13H18N6O/c1-18(2)12-4-3-10(14)9-11(12)13(20)15-5-7-19-8-6-16-17-19/h3-4,6,8-9H,5,7,14H2,1-2H3,(H,15,20). The first-order chi connectivity index (χ1) is 9.58. The van der Waals surface area contributed by atoms with Crippen molar-refractivity contribution in [3.8, 4) is 0 Å². The van der Waals surface area contributed by atoms with Crippen LogP contribution in [0.3, 0.4) is 0 Å². The largest absolute Gasteiger partial charge is 0.399 e. The summed E-state index contributed by atoms with van der Waals surface area (Å²) < 4.78 is 1.66. The summed E-state index contributed by atoms with van der Waals surface area (Å²) in [6.45, 7) is 1.05. The predicted molar refractivity (Wildman–Crippen MR) is 77.5 cm³/mol. The monoisotopic (exact) mass is 274 g/mol. The minimum absolute atomic E-state index is 0.152. The summed E-state index contributed by atoms with van der Waals surface area (Å²) in [5.41, 5.74) is 7.71. The molecule has 3 N–H and O–H groups in total. The first-order valence-corrected chi connectivity index (χ1v) is 6.27. The lowest BCUT2D eigenvalue weighted by Crippen LogP contribution is -2.29. The smallest absolute Gasteiger partial charge is 0.253 e. The first-order valence-electron chi connectivity index (χ1n) is 6.27. The third-order valence-electron chi connectivity index (χ3n) is 2.85. The third kappa shape index (κ3) is 3.25. The molecule has 0 saturated carbocycles. The van der Waals surface area contributed by atoms with E-state index in [0.29, 0.717) is 24.3 Å². The summed E-state index contributed by atoms with van der Waals surface area (Å²) >= 11 is 0. The van der Waals surface area contributed by atoms with Crippen LogP contribution in [0.4, 0.5) is 11.4 Å². The molecule has 106 valence electrons. The van der Waals surface area contributed by atoms with Gasteiger partial charge < -0.3 is 16.0 Å². The van der Waals surface area contributed by atoms with Crippen LogP contribution in [0.5, 0.6) is 0 Å². The van der Waals surface area contributed by atoms with Crippen molar-refractivity contribution < 1.29 is 4.79 Å². The number of carbonyl (C=O) groups is 1. The zero-order chi connectivity index (χ0) is 14.5. The third-order valence-corrected chi connectivity index (χ3v) is 2.85. The van der Waals surface area contributed by atoms with Gasteiger partial charge in [-0.05, 0) is 18.2 Å². The van der Waals surface area contributed by atoms with Crippen molar-refractivity contribution in [2.24, 2.45) is 0 Å². The Morgan fingerprint density at radius 1 is 1.45 bits per heavy atom. The van der Waals surface area contributed by atoms with E-state index in [1.165, 1.54) is 0 Å². The molecule has 7 heteroatoms. The number of nitrogen functional groups attached to an aromatic ring is 1. The van der Waals surface area contributed by atoms with E-state index in [4.69, 9.17) is 5.73 Å². The van der Waals surface area contributed by atoms with Gasteiger partial charge in [-0.1, -0.05) is 5.21 Å². The fourth-order valence-electron chi connectivity index (χ4n) is 1.86. The zero-order valence-electron chi connectivity index (χ0n) is 11.6. The molecule has 1 amide bonds. The molecule has 0 unspecified atom stereocenters. The minimum Gasteiger partial charge on any atom is -0.399 e. The average Bonchev–Trinajstić information content (AvgIpc) is 2.91. The van der Waals surface area contributed by atoms with E-state index < -0.39 is 0 Å². The van der Waals surface area contributed by atoms with Gasteiger partial charge in [0.15, 0.2) is 0 Å². The van der Waals surface area contributed by atoms with Crippen molar-refractivity contribution in [3.05, 3.63) is 36.2 Å². The number of benzene rings is 1. The van der Waals surface area contributed by atoms with Crippen LogP contribution in [0.1, 0.15) is 10.4 Å². The molecular formula is C13H18N6O. The molecule has 1 aromatic heterocycles.